The molecule has 2 bridgehead atoms. The summed E-state index contributed by atoms with van der Waals surface area (Å²) in [4.78, 5) is 0. The number of nitrogens with two attached hydrogens (primary N) is 1. The molecule has 3 heteroatoms. The molecular weight excluding hydrogens is 198 g/mol. The zero-order chi connectivity index (χ0) is 9.10. The molecule has 14 heavy (non-hydrogen) atoms. The van der Waals surface area contributed by atoms with Crippen LogP contribution in [0.5, 0.6) is 0 Å². The lowest BCUT2D eigenvalue weighted by Gasteiger charge is -2.46. The van der Waals surface area contributed by atoms with Gasteiger partial charge in [-0.05, 0) is 43.9 Å². The second-order valence-corrected chi connectivity index (χ2v) is 5.42. The third-order valence-electron chi connectivity index (χ3n) is 5.37. The fourth-order valence-corrected chi connectivity index (χ4v) is 4.68. The fourth-order valence-electron chi connectivity index (χ4n) is 4.68. The number of fused-ring (bicyclic) bond motifs is 5. The van der Waals surface area contributed by atoms with E-state index >= 15 is 0 Å². The minimum Gasteiger partial charge on any atom is -0.396 e. The van der Waals surface area contributed by atoms with Gasteiger partial charge in [0, 0.05) is 11.0 Å². The Balaban J connectivity index is 0.000000750. The molecule has 0 heterocycles. The van der Waals surface area contributed by atoms with Crippen LogP contribution in [0.15, 0.2) is 0 Å². The summed E-state index contributed by atoms with van der Waals surface area (Å²) in [6.45, 7) is 0.338. The Bertz CT molecular complexity index is 247. The number of hydrogen-bond donors (Lipinski definition) is 2. The summed E-state index contributed by atoms with van der Waals surface area (Å²) in [5.74, 6) is 1.47. The lowest BCUT2D eigenvalue weighted by atomic mass is 9.64. The zero-order valence-corrected chi connectivity index (χ0v) is 9.35. The fraction of sp³-hybridized carbons (Fsp3) is 1.00. The molecule has 0 aliphatic heterocycles. The van der Waals surface area contributed by atoms with E-state index in [0.717, 1.165) is 18.3 Å². The first-order valence-corrected chi connectivity index (χ1v) is 5.63. The van der Waals surface area contributed by atoms with Crippen LogP contribution in [0.1, 0.15) is 38.5 Å². The van der Waals surface area contributed by atoms with Gasteiger partial charge < -0.3 is 10.8 Å². The number of aliphatic hydroxyl groups is 1. The van der Waals surface area contributed by atoms with Gasteiger partial charge in [0.2, 0.25) is 0 Å². The standard InChI is InChI=1S/C11H19NO.ClH/c12-11-5-1-4-10(11,7-13)8-2-3-9(11)6-8;/h8-9,13H,1-7,12H2;1H. The number of halogens is 1. The first-order chi connectivity index (χ1) is 6.23. The molecule has 2 nitrogen and oxygen atoms in total. The van der Waals surface area contributed by atoms with Gasteiger partial charge in [-0.3, -0.25) is 0 Å². The van der Waals surface area contributed by atoms with E-state index in [1.807, 2.05) is 0 Å². The summed E-state index contributed by atoms with van der Waals surface area (Å²) >= 11 is 0. The highest BCUT2D eigenvalue weighted by atomic mass is 35.5. The molecule has 3 aliphatic rings. The smallest absolute Gasteiger partial charge is 0.0507 e. The molecule has 0 saturated heterocycles. The van der Waals surface area contributed by atoms with Crippen molar-refractivity contribution in [2.45, 2.75) is 44.1 Å². The van der Waals surface area contributed by atoms with Crippen LogP contribution in [0, 0.1) is 17.3 Å². The molecule has 0 radical (unpaired) electrons. The predicted octanol–water partition coefficient (Wildman–Crippen LogP) is 1.70. The molecule has 0 aromatic carbocycles. The largest absolute Gasteiger partial charge is 0.396 e. The lowest BCUT2D eigenvalue weighted by Crippen LogP contribution is -2.57. The van der Waals surface area contributed by atoms with E-state index in [-0.39, 0.29) is 23.4 Å². The van der Waals surface area contributed by atoms with Gasteiger partial charge in [-0.25, -0.2) is 0 Å². The summed E-state index contributed by atoms with van der Waals surface area (Å²) in [5, 5.41) is 9.63. The first-order valence-electron chi connectivity index (χ1n) is 5.63. The van der Waals surface area contributed by atoms with Gasteiger partial charge in [-0.2, -0.15) is 0 Å². The minimum atomic E-state index is 0. The Kier molecular flexibility index (Phi) is 2.37. The van der Waals surface area contributed by atoms with Crippen LogP contribution in [0.3, 0.4) is 0 Å². The Labute approximate surface area is 91.7 Å². The maximum Gasteiger partial charge on any atom is 0.0507 e. The van der Waals surface area contributed by atoms with Crippen molar-refractivity contribution in [2.75, 3.05) is 6.61 Å². The maximum atomic E-state index is 9.63. The van der Waals surface area contributed by atoms with Crippen LogP contribution >= 0.6 is 12.4 Å². The molecule has 4 atom stereocenters. The van der Waals surface area contributed by atoms with E-state index in [9.17, 15) is 5.11 Å². The van der Waals surface area contributed by atoms with Crippen LogP contribution in [0.4, 0.5) is 0 Å². The van der Waals surface area contributed by atoms with Crippen LogP contribution in [0.25, 0.3) is 0 Å². The van der Waals surface area contributed by atoms with Gasteiger partial charge in [0.25, 0.3) is 0 Å². The summed E-state index contributed by atoms with van der Waals surface area (Å²) in [6, 6.07) is 0. The van der Waals surface area contributed by atoms with Gasteiger partial charge in [-0.15, -0.1) is 12.4 Å². The summed E-state index contributed by atoms with van der Waals surface area (Å²) in [5.41, 5.74) is 6.69. The number of aliphatic hydroxyl groups excluding tert-OH is 1. The van der Waals surface area contributed by atoms with Crippen molar-refractivity contribution in [3.8, 4) is 0 Å². The Morgan fingerprint density at radius 2 is 1.93 bits per heavy atom. The van der Waals surface area contributed by atoms with Crippen molar-refractivity contribution in [1.82, 2.24) is 0 Å². The molecule has 0 spiro atoms. The Morgan fingerprint density at radius 3 is 2.57 bits per heavy atom. The molecule has 3 saturated carbocycles. The van der Waals surface area contributed by atoms with Gasteiger partial charge >= 0.3 is 0 Å². The monoisotopic (exact) mass is 217 g/mol. The molecule has 3 rings (SSSR count). The summed E-state index contributed by atoms with van der Waals surface area (Å²) in [6.07, 6.45) is 7.53. The molecule has 0 aromatic rings. The first kappa shape index (κ1) is 10.7. The van der Waals surface area contributed by atoms with E-state index in [1.54, 1.807) is 0 Å². The summed E-state index contributed by atoms with van der Waals surface area (Å²) < 4.78 is 0. The average molecular weight is 218 g/mol. The van der Waals surface area contributed by atoms with Gasteiger partial charge in [-0.1, -0.05) is 6.42 Å². The molecule has 4 unspecified atom stereocenters. The molecule has 3 aliphatic carbocycles. The Hall–Kier alpha value is 0.210. The van der Waals surface area contributed by atoms with Crippen LogP contribution in [-0.2, 0) is 0 Å². The van der Waals surface area contributed by atoms with E-state index in [0.29, 0.717) is 6.61 Å². The second kappa shape index (κ2) is 3.10. The molecule has 3 N–H and O–H groups in total. The highest BCUT2D eigenvalue weighted by molar-refractivity contribution is 5.85. The SMILES string of the molecule is Cl.NC12CCCC1(CO)C1CCC2C1. The van der Waals surface area contributed by atoms with Gasteiger partial charge in [0.15, 0.2) is 0 Å². The van der Waals surface area contributed by atoms with Gasteiger partial charge in [0.1, 0.15) is 0 Å². The van der Waals surface area contributed by atoms with Crippen molar-refractivity contribution in [1.29, 1.82) is 0 Å². The average Bonchev–Trinajstić information content (AvgIpc) is 2.72. The van der Waals surface area contributed by atoms with Crippen molar-refractivity contribution in [2.24, 2.45) is 23.0 Å². The van der Waals surface area contributed by atoms with Crippen LogP contribution in [0.2, 0.25) is 0 Å². The van der Waals surface area contributed by atoms with Crippen LogP contribution in [-0.4, -0.2) is 17.3 Å². The van der Waals surface area contributed by atoms with E-state index in [1.165, 1.54) is 32.1 Å². The third-order valence-corrected chi connectivity index (χ3v) is 5.37. The lowest BCUT2D eigenvalue weighted by molar-refractivity contribution is 0.0149. The Morgan fingerprint density at radius 1 is 1.21 bits per heavy atom. The molecule has 3 fully saturated rings. The van der Waals surface area contributed by atoms with Crippen molar-refractivity contribution in [3.63, 3.8) is 0 Å². The van der Waals surface area contributed by atoms with E-state index < -0.39 is 0 Å². The maximum absolute atomic E-state index is 9.63. The molecular formula is C11H20ClNO. The number of hydrogen-bond acceptors (Lipinski definition) is 2. The number of rotatable bonds is 1. The van der Waals surface area contributed by atoms with Crippen molar-refractivity contribution >= 4 is 12.4 Å². The topological polar surface area (TPSA) is 46.2 Å². The molecule has 0 amide bonds. The molecule has 82 valence electrons. The zero-order valence-electron chi connectivity index (χ0n) is 8.54. The predicted molar refractivity (Wildman–Crippen MR) is 58.4 cm³/mol. The molecule has 0 aromatic heterocycles. The highest BCUT2D eigenvalue weighted by Gasteiger charge is 2.66. The highest BCUT2D eigenvalue weighted by Crippen LogP contribution is 2.66. The van der Waals surface area contributed by atoms with Crippen molar-refractivity contribution < 1.29 is 5.11 Å². The minimum absolute atomic E-state index is 0. The van der Waals surface area contributed by atoms with E-state index in [4.69, 9.17) is 5.73 Å². The van der Waals surface area contributed by atoms with E-state index in [2.05, 4.69) is 0 Å². The van der Waals surface area contributed by atoms with Gasteiger partial charge in [0.05, 0.1) is 6.61 Å². The van der Waals surface area contributed by atoms with Crippen LogP contribution < -0.4 is 5.73 Å². The van der Waals surface area contributed by atoms with Crippen molar-refractivity contribution in [3.05, 3.63) is 0 Å². The normalized spacial score (nSPS) is 54.4. The third kappa shape index (κ3) is 0.903. The second-order valence-electron chi connectivity index (χ2n) is 5.42. The quantitative estimate of drug-likeness (QED) is 0.703. The summed E-state index contributed by atoms with van der Waals surface area (Å²) in [7, 11) is 0.